The van der Waals surface area contributed by atoms with Crippen LogP contribution in [0.15, 0.2) is 24.3 Å². The summed E-state index contributed by atoms with van der Waals surface area (Å²) in [5.41, 5.74) is 2.80. The predicted molar refractivity (Wildman–Crippen MR) is 89.7 cm³/mol. The Bertz CT molecular complexity index is 424. The van der Waals surface area contributed by atoms with Gasteiger partial charge in [0.15, 0.2) is 0 Å². The van der Waals surface area contributed by atoms with E-state index in [1.807, 2.05) is 0 Å². The number of hydrogen-bond donors (Lipinski definition) is 1. The van der Waals surface area contributed by atoms with Crippen molar-refractivity contribution in [1.82, 2.24) is 5.32 Å². The van der Waals surface area contributed by atoms with Crippen LogP contribution in [0.5, 0.6) is 0 Å². The molecule has 2 heteroatoms. The highest BCUT2D eigenvalue weighted by Crippen LogP contribution is 2.24. The van der Waals surface area contributed by atoms with Crippen LogP contribution in [0.25, 0.3) is 0 Å². The van der Waals surface area contributed by atoms with Gasteiger partial charge >= 0.3 is 0 Å². The quantitative estimate of drug-likeness (QED) is 0.851. The van der Waals surface area contributed by atoms with E-state index in [-0.39, 0.29) is 0 Å². The topological polar surface area (TPSA) is 21.3 Å². The van der Waals surface area contributed by atoms with Crippen LogP contribution in [0, 0.1) is 5.92 Å². The van der Waals surface area contributed by atoms with E-state index in [2.05, 4.69) is 64.2 Å². The zero-order valence-corrected chi connectivity index (χ0v) is 14.2. The molecule has 118 valence electrons. The number of ether oxygens (including phenoxy) is 1. The second-order valence-electron chi connectivity index (χ2n) is 7.08. The minimum Gasteiger partial charge on any atom is -0.378 e. The maximum Gasteiger partial charge on any atom is 0.0612 e. The van der Waals surface area contributed by atoms with Crippen molar-refractivity contribution in [2.45, 2.75) is 71.6 Å². The molecule has 1 aliphatic heterocycles. The lowest BCUT2D eigenvalue weighted by molar-refractivity contribution is -0.0256. The Morgan fingerprint density at radius 2 is 1.62 bits per heavy atom. The summed E-state index contributed by atoms with van der Waals surface area (Å²) in [5.74, 6) is 1.21. The summed E-state index contributed by atoms with van der Waals surface area (Å²) in [5, 5.41) is 3.79. The number of hydrogen-bond acceptors (Lipinski definition) is 2. The van der Waals surface area contributed by atoms with Gasteiger partial charge in [-0.25, -0.2) is 0 Å². The van der Waals surface area contributed by atoms with E-state index < -0.39 is 0 Å². The van der Waals surface area contributed by atoms with E-state index in [0.29, 0.717) is 30.0 Å². The van der Waals surface area contributed by atoms with E-state index in [9.17, 15) is 0 Å². The lowest BCUT2D eigenvalue weighted by atomic mass is 9.94. The van der Waals surface area contributed by atoms with Crippen molar-refractivity contribution in [2.75, 3.05) is 6.61 Å². The molecule has 2 rings (SSSR count). The van der Waals surface area contributed by atoms with Crippen molar-refractivity contribution in [3.8, 4) is 0 Å². The molecule has 1 aromatic carbocycles. The molecular weight excluding hydrogens is 258 g/mol. The fourth-order valence-electron chi connectivity index (χ4n) is 3.06. The molecule has 1 fully saturated rings. The van der Waals surface area contributed by atoms with Crippen molar-refractivity contribution >= 4 is 0 Å². The second kappa shape index (κ2) is 7.42. The Hall–Kier alpha value is -0.860. The highest BCUT2D eigenvalue weighted by molar-refractivity contribution is 5.26. The van der Waals surface area contributed by atoms with E-state index in [1.54, 1.807) is 0 Å². The number of nitrogens with one attached hydrogen (secondary N) is 1. The van der Waals surface area contributed by atoms with Crippen LogP contribution < -0.4 is 5.32 Å². The van der Waals surface area contributed by atoms with Gasteiger partial charge < -0.3 is 10.1 Å². The molecule has 3 atom stereocenters. The summed E-state index contributed by atoms with van der Waals surface area (Å²) in [7, 11) is 0. The van der Waals surface area contributed by atoms with Crippen molar-refractivity contribution in [3.63, 3.8) is 0 Å². The first-order valence-electron chi connectivity index (χ1n) is 8.45. The van der Waals surface area contributed by atoms with E-state index >= 15 is 0 Å². The van der Waals surface area contributed by atoms with Gasteiger partial charge in [-0.05, 0) is 42.7 Å². The summed E-state index contributed by atoms with van der Waals surface area (Å²) in [6.45, 7) is 12.1. The van der Waals surface area contributed by atoms with Gasteiger partial charge in [-0.15, -0.1) is 0 Å². The Morgan fingerprint density at radius 3 is 2.19 bits per heavy atom. The lowest BCUT2D eigenvalue weighted by Crippen LogP contribution is -2.41. The van der Waals surface area contributed by atoms with Crippen molar-refractivity contribution < 1.29 is 4.74 Å². The molecule has 1 heterocycles. The van der Waals surface area contributed by atoms with Crippen molar-refractivity contribution in [1.29, 1.82) is 0 Å². The summed E-state index contributed by atoms with van der Waals surface area (Å²) < 4.78 is 5.86. The van der Waals surface area contributed by atoms with Crippen LogP contribution in [0.1, 0.15) is 70.5 Å². The first kappa shape index (κ1) is 16.5. The minimum absolute atomic E-state index is 0.405. The molecule has 0 radical (unpaired) electrons. The van der Waals surface area contributed by atoms with Crippen LogP contribution in [-0.4, -0.2) is 18.8 Å². The molecule has 0 bridgehead atoms. The Kier molecular flexibility index (Phi) is 5.83. The minimum atomic E-state index is 0.405. The van der Waals surface area contributed by atoms with Gasteiger partial charge in [0.25, 0.3) is 0 Å². The van der Waals surface area contributed by atoms with Gasteiger partial charge in [0, 0.05) is 18.7 Å². The summed E-state index contributed by atoms with van der Waals surface area (Å²) in [6.07, 6.45) is 2.66. The maximum atomic E-state index is 5.86. The van der Waals surface area contributed by atoms with Crippen LogP contribution in [0.4, 0.5) is 0 Å². The molecule has 1 N–H and O–H groups in total. The smallest absolute Gasteiger partial charge is 0.0612 e. The van der Waals surface area contributed by atoms with E-state index in [4.69, 9.17) is 4.74 Å². The predicted octanol–water partition coefficient (Wildman–Crippen LogP) is 4.66. The third kappa shape index (κ3) is 4.55. The molecule has 0 aromatic heterocycles. The standard InChI is InChI=1S/C19H31NO/c1-13(2)16-6-8-17(9-7-16)15(5)20-18-10-11-21-19(12-18)14(3)4/h6-9,13-15,18-20H,10-12H2,1-5H3. The highest BCUT2D eigenvalue weighted by atomic mass is 16.5. The summed E-state index contributed by atoms with van der Waals surface area (Å²) >= 11 is 0. The molecule has 2 nitrogen and oxygen atoms in total. The average molecular weight is 289 g/mol. The number of rotatable bonds is 5. The summed E-state index contributed by atoms with van der Waals surface area (Å²) in [4.78, 5) is 0. The Labute approximate surface area is 130 Å². The SMILES string of the molecule is CC(C)c1ccc(C(C)NC2CCOC(C(C)C)C2)cc1. The molecule has 0 amide bonds. The van der Waals surface area contributed by atoms with Crippen molar-refractivity contribution in [2.24, 2.45) is 5.92 Å². The van der Waals surface area contributed by atoms with Gasteiger partial charge in [0.1, 0.15) is 0 Å². The third-order valence-electron chi connectivity index (χ3n) is 4.65. The lowest BCUT2D eigenvalue weighted by Gasteiger charge is -2.34. The highest BCUT2D eigenvalue weighted by Gasteiger charge is 2.25. The molecule has 0 saturated carbocycles. The summed E-state index contributed by atoms with van der Waals surface area (Å²) in [6, 6.07) is 10.0. The Morgan fingerprint density at radius 1 is 1.00 bits per heavy atom. The average Bonchev–Trinajstić information content (AvgIpc) is 2.47. The molecule has 1 aliphatic rings. The normalized spacial score (nSPS) is 24.5. The first-order chi connectivity index (χ1) is 9.97. The van der Waals surface area contributed by atoms with E-state index in [0.717, 1.165) is 19.4 Å². The van der Waals surface area contributed by atoms with E-state index in [1.165, 1.54) is 11.1 Å². The zero-order chi connectivity index (χ0) is 15.4. The first-order valence-corrected chi connectivity index (χ1v) is 8.45. The molecule has 0 spiro atoms. The molecule has 21 heavy (non-hydrogen) atoms. The zero-order valence-electron chi connectivity index (χ0n) is 14.2. The molecule has 1 aromatic rings. The van der Waals surface area contributed by atoms with Gasteiger partial charge in [-0.3, -0.25) is 0 Å². The third-order valence-corrected chi connectivity index (χ3v) is 4.65. The van der Waals surface area contributed by atoms with Crippen molar-refractivity contribution in [3.05, 3.63) is 35.4 Å². The molecule has 0 aliphatic carbocycles. The van der Waals surface area contributed by atoms with Crippen LogP contribution >= 0.6 is 0 Å². The maximum absolute atomic E-state index is 5.86. The van der Waals surface area contributed by atoms with Crippen LogP contribution in [0.2, 0.25) is 0 Å². The van der Waals surface area contributed by atoms with Crippen LogP contribution in [0.3, 0.4) is 0 Å². The second-order valence-corrected chi connectivity index (χ2v) is 7.08. The molecule has 3 unspecified atom stereocenters. The van der Waals surface area contributed by atoms with Gasteiger partial charge in [-0.2, -0.15) is 0 Å². The molecule has 1 saturated heterocycles. The fourth-order valence-corrected chi connectivity index (χ4v) is 3.06. The number of benzene rings is 1. The molecular formula is C19H31NO. The fraction of sp³-hybridized carbons (Fsp3) is 0.684. The van der Waals surface area contributed by atoms with Gasteiger partial charge in [0.2, 0.25) is 0 Å². The van der Waals surface area contributed by atoms with Gasteiger partial charge in [0.05, 0.1) is 6.10 Å². The van der Waals surface area contributed by atoms with Crippen LogP contribution in [-0.2, 0) is 4.74 Å². The monoisotopic (exact) mass is 289 g/mol. The van der Waals surface area contributed by atoms with Gasteiger partial charge in [-0.1, -0.05) is 52.0 Å². The Balaban J connectivity index is 1.92. The largest absolute Gasteiger partial charge is 0.378 e.